The fourth-order valence-electron chi connectivity index (χ4n) is 2.06. The maximum absolute atomic E-state index is 12.2. The van der Waals surface area contributed by atoms with Crippen LogP contribution >= 0.6 is 27.3 Å². The van der Waals surface area contributed by atoms with Crippen molar-refractivity contribution >= 4 is 33.3 Å². The summed E-state index contributed by atoms with van der Waals surface area (Å²) in [4.78, 5) is 17.1. The predicted molar refractivity (Wildman–Crippen MR) is 74.3 cm³/mol. The number of halogens is 1. The number of hydrogen-bond donors (Lipinski definition) is 0. The second-order valence-corrected chi connectivity index (χ2v) is 6.33. The fourth-order valence-corrected chi connectivity index (χ4v) is 3.57. The van der Waals surface area contributed by atoms with E-state index in [1.54, 1.807) is 11.3 Å². The lowest BCUT2D eigenvalue weighted by Gasteiger charge is -2.30. The normalized spacial score (nSPS) is 16.0. The van der Waals surface area contributed by atoms with Gasteiger partial charge in [-0.15, -0.1) is 11.3 Å². The smallest absolute Gasteiger partial charge is 0.320 e. The minimum Gasteiger partial charge on any atom is -0.325 e. The zero-order valence-corrected chi connectivity index (χ0v) is 12.4. The number of likely N-dealkylation sites (tertiary alicyclic amines) is 1. The molecule has 3 nitrogen and oxygen atoms in total. The maximum atomic E-state index is 12.2. The molecule has 94 valence electrons. The van der Waals surface area contributed by atoms with Crippen molar-refractivity contribution in [1.82, 2.24) is 9.80 Å². The second kappa shape index (κ2) is 5.87. The highest BCUT2D eigenvalue weighted by molar-refractivity contribution is 9.10. The van der Waals surface area contributed by atoms with Gasteiger partial charge in [0.15, 0.2) is 0 Å². The summed E-state index contributed by atoms with van der Waals surface area (Å²) < 4.78 is 1.09. The Bertz CT molecular complexity index is 388. The maximum Gasteiger partial charge on any atom is 0.320 e. The molecule has 0 bridgehead atoms. The molecular weight excluding hydrogens is 300 g/mol. The SMILES string of the molecule is CN(Cc1cc(Br)cs1)C(=O)N1CCCCC1. The summed E-state index contributed by atoms with van der Waals surface area (Å²) in [7, 11) is 1.88. The van der Waals surface area contributed by atoms with Crippen molar-refractivity contribution in [1.29, 1.82) is 0 Å². The summed E-state index contributed by atoms with van der Waals surface area (Å²) in [5.41, 5.74) is 0. The van der Waals surface area contributed by atoms with Gasteiger partial charge >= 0.3 is 6.03 Å². The van der Waals surface area contributed by atoms with Crippen molar-refractivity contribution in [2.75, 3.05) is 20.1 Å². The lowest BCUT2D eigenvalue weighted by Crippen LogP contribution is -2.43. The van der Waals surface area contributed by atoms with Gasteiger partial charge in [-0.2, -0.15) is 0 Å². The Hall–Kier alpha value is -0.550. The summed E-state index contributed by atoms with van der Waals surface area (Å²) in [6.07, 6.45) is 3.54. The minimum atomic E-state index is 0.161. The third kappa shape index (κ3) is 3.45. The van der Waals surface area contributed by atoms with Gasteiger partial charge in [-0.3, -0.25) is 0 Å². The summed E-state index contributed by atoms with van der Waals surface area (Å²) in [5, 5.41) is 2.05. The van der Waals surface area contributed by atoms with Crippen LogP contribution in [-0.2, 0) is 6.54 Å². The molecule has 5 heteroatoms. The van der Waals surface area contributed by atoms with E-state index in [2.05, 4.69) is 27.4 Å². The van der Waals surface area contributed by atoms with Gasteiger partial charge in [0.25, 0.3) is 0 Å². The molecular formula is C12H17BrN2OS. The van der Waals surface area contributed by atoms with Crippen molar-refractivity contribution < 1.29 is 4.79 Å². The predicted octanol–water partition coefficient (Wildman–Crippen LogP) is 3.55. The number of piperidine rings is 1. The van der Waals surface area contributed by atoms with Gasteiger partial charge in [0.2, 0.25) is 0 Å². The number of urea groups is 1. The molecule has 1 aromatic rings. The molecule has 1 aliphatic rings. The molecule has 1 aromatic heterocycles. The molecule has 0 N–H and O–H groups in total. The number of thiophene rings is 1. The van der Waals surface area contributed by atoms with Crippen molar-refractivity contribution in [3.05, 3.63) is 20.8 Å². The first-order valence-electron chi connectivity index (χ1n) is 5.90. The van der Waals surface area contributed by atoms with E-state index in [1.807, 2.05) is 16.8 Å². The van der Waals surface area contributed by atoms with E-state index < -0.39 is 0 Å². The molecule has 0 unspecified atom stereocenters. The largest absolute Gasteiger partial charge is 0.325 e. The van der Waals surface area contributed by atoms with Crippen LogP contribution in [0.1, 0.15) is 24.1 Å². The van der Waals surface area contributed by atoms with Crippen LogP contribution in [0.15, 0.2) is 15.9 Å². The second-order valence-electron chi connectivity index (χ2n) is 4.42. The van der Waals surface area contributed by atoms with E-state index in [9.17, 15) is 4.79 Å². The molecule has 0 saturated carbocycles. The van der Waals surface area contributed by atoms with E-state index >= 15 is 0 Å². The van der Waals surface area contributed by atoms with Crippen LogP contribution in [0.5, 0.6) is 0 Å². The Kier molecular flexibility index (Phi) is 4.45. The lowest BCUT2D eigenvalue weighted by atomic mass is 10.1. The van der Waals surface area contributed by atoms with Crippen molar-refractivity contribution in [2.24, 2.45) is 0 Å². The average Bonchev–Trinajstić information content (AvgIpc) is 2.75. The molecule has 2 heterocycles. The lowest BCUT2D eigenvalue weighted by molar-refractivity contribution is 0.151. The quantitative estimate of drug-likeness (QED) is 0.818. The Morgan fingerprint density at radius 3 is 2.76 bits per heavy atom. The van der Waals surface area contributed by atoms with E-state index in [0.29, 0.717) is 6.54 Å². The number of carbonyl (C=O) groups is 1. The molecule has 0 aromatic carbocycles. The minimum absolute atomic E-state index is 0.161. The van der Waals surface area contributed by atoms with Crippen LogP contribution in [0.2, 0.25) is 0 Å². The molecule has 0 aliphatic carbocycles. The summed E-state index contributed by atoms with van der Waals surface area (Å²) in [6, 6.07) is 2.24. The van der Waals surface area contributed by atoms with Crippen LogP contribution in [0.25, 0.3) is 0 Å². The number of hydrogen-bond acceptors (Lipinski definition) is 2. The Balaban J connectivity index is 1.90. The molecule has 0 atom stereocenters. The first kappa shape index (κ1) is 12.9. The van der Waals surface area contributed by atoms with Gasteiger partial charge in [0, 0.05) is 34.9 Å². The highest BCUT2D eigenvalue weighted by Crippen LogP contribution is 2.21. The summed E-state index contributed by atoms with van der Waals surface area (Å²) >= 11 is 5.11. The highest BCUT2D eigenvalue weighted by Gasteiger charge is 2.20. The van der Waals surface area contributed by atoms with E-state index in [0.717, 1.165) is 30.4 Å². The average molecular weight is 317 g/mol. The first-order chi connectivity index (χ1) is 8.16. The van der Waals surface area contributed by atoms with Crippen molar-refractivity contribution in [2.45, 2.75) is 25.8 Å². The first-order valence-corrected chi connectivity index (χ1v) is 7.57. The molecule has 1 fully saturated rings. The zero-order chi connectivity index (χ0) is 12.3. The van der Waals surface area contributed by atoms with Gasteiger partial charge in [-0.25, -0.2) is 4.79 Å². The Labute approximate surface area is 115 Å². The number of nitrogens with zero attached hydrogens (tertiary/aromatic N) is 2. The monoisotopic (exact) mass is 316 g/mol. The third-order valence-corrected chi connectivity index (χ3v) is 4.65. The molecule has 17 heavy (non-hydrogen) atoms. The summed E-state index contributed by atoms with van der Waals surface area (Å²) in [5.74, 6) is 0. The fraction of sp³-hybridized carbons (Fsp3) is 0.583. The Morgan fingerprint density at radius 1 is 1.47 bits per heavy atom. The van der Waals surface area contributed by atoms with Gasteiger partial charge in [0.05, 0.1) is 6.54 Å². The van der Waals surface area contributed by atoms with Gasteiger partial charge in [0.1, 0.15) is 0 Å². The zero-order valence-electron chi connectivity index (χ0n) is 9.99. The topological polar surface area (TPSA) is 23.6 Å². The Morgan fingerprint density at radius 2 is 2.18 bits per heavy atom. The molecule has 1 saturated heterocycles. The molecule has 2 rings (SSSR count). The standard InChI is InChI=1S/C12H17BrN2OS/c1-14(8-11-7-10(13)9-17-11)12(16)15-5-3-2-4-6-15/h7,9H,2-6,8H2,1H3. The molecule has 2 amide bonds. The van der Waals surface area contributed by atoms with Gasteiger partial charge < -0.3 is 9.80 Å². The van der Waals surface area contributed by atoms with Crippen LogP contribution in [0.3, 0.4) is 0 Å². The number of rotatable bonds is 2. The molecule has 1 aliphatic heterocycles. The number of carbonyl (C=O) groups excluding carboxylic acids is 1. The van der Waals surface area contributed by atoms with Crippen LogP contribution in [0, 0.1) is 0 Å². The van der Waals surface area contributed by atoms with E-state index in [1.165, 1.54) is 11.3 Å². The highest BCUT2D eigenvalue weighted by atomic mass is 79.9. The van der Waals surface area contributed by atoms with Crippen molar-refractivity contribution in [3.63, 3.8) is 0 Å². The van der Waals surface area contributed by atoms with Crippen LogP contribution in [0.4, 0.5) is 4.79 Å². The summed E-state index contributed by atoms with van der Waals surface area (Å²) in [6.45, 7) is 2.53. The molecule has 0 radical (unpaired) electrons. The van der Waals surface area contributed by atoms with Gasteiger partial charge in [-0.1, -0.05) is 0 Å². The van der Waals surface area contributed by atoms with Crippen LogP contribution < -0.4 is 0 Å². The van der Waals surface area contributed by atoms with E-state index in [4.69, 9.17) is 0 Å². The molecule has 0 spiro atoms. The number of amides is 2. The van der Waals surface area contributed by atoms with E-state index in [-0.39, 0.29) is 6.03 Å². The van der Waals surface area contributed by atoms with Gasteiger partial charge in [-0.05, 0) is 41.3 Å². The van der Waals surface area contributed by atoms with Crippen LogP contribution in [-0.4, -0.2) is 36.0 Å². The third-order valence-electron chi connectivity index (χ3n) is 2.97. The van der Waals surface area contributed by atoms with Crippen molar-refractivity contribution in [3.8, 4) is 0 Å².